The van der Waals surface area contributed by atoms with Crippen LogP contribution >= 0.6 is 27.7 Å². The molecule has 1 fully saturated rings. The molecule has 15 heavy (non-hydrogen) atoms. The Morgan fingerprint density at radius 3 is 3.20 bits per heavy atom. The van der Waals surface area contributed by atoms with E-state index in [1.165, 1.54) is 12.8 Å². The maximum atomic E-state index is 5.54. The molecule has 0 bridgehead atoms. The number of ether oxygens (including phenoxy) is 1. The quantitative estimate of drug-likeness (QED) is 0.633. The van der Waals surface area contributed by atoms with Crippen molar-refractivity contribution in [1.82, 2.24) is 9.97 Å². The standard InChI is InChI=1S/C10H13BrN2OS/c1-7-9(11)5-12-10(13-7)15-6-8-3-2-4-14-8/h5,8H,2-4,6H2,1H3. The van der Waals surface area contributed by atoms with Gasteiger partial charge in [-0.2, -0.15) is 0 Å². The average molecular weight is 289 g/mol. The van der Waals surface area contributed by atoms with E-state index in [-0.39, 0.29) is 0 Å². The van der Waals surface area contributed by atoms with Gasteiger partial charge in [0.1, 0.15) is 0 Å². The third-order valence-corrected chi connectivity index (χ3v) is 4.09. The third-order valence-electron chi connectivity index (χ3n) is 2.32. The largest absolute Gasteiger partial charge is 0.377 e. The first-order valence-electron chi connectivity index (χ1n) is 4.99. The molecule has 1 aliphatic heterocycles. The first-order chi connectivity index (χ1) is 7.25. The van der Waals surface area contributed by atoms with Crippen molar-refractivity contribution in [3.05, 3.63) is 16.4 Å². The summed E-state index contributed by atoms with van der Waals surface area (Å²) in [6.07, 6.45) is 4.55. The van der Waals surface area contributed by atoms with E-state index in [9.17, 15) is 0 Å². The number of aromatic nitrogens is 2. The van der Waals surface area contributed by atoms with Crippen molar-refractivity contribution >= 4 is 27.7 Å². The number of nitrogens with zero attached hydrogens (tertiary/aromatic N) is 2. The minimum Gasteiger partial charge on any atom is -0.377 e. The van der Waals surface area contributed by atoms with Crippen molar-refractivity contribution in [2.45, 2.75) is 31.0 Å². The summed E-state index contributed by atoms with van der Waals surface area (Å²) >= 11 is 5.06. The van der Waals surface area contributed by atoms with Crippen molar-refractivity contribution in [1.29, 1.82) is 0 Å². The van der Waals surface area contributed by atoms with E-state index in [1.54, 1.807) is 18.0 Å². The molecule has 0 saturated carbocycles. The van der Waals surface area contributed by atoms with E-state index in [4.69, 9.17) is 4.74 Å². The van der Waals surface area contributed by atoms with Crippen LogP contribution in [0, 0.1) is 6.92 Å². The molecule has 0 aliphatic carbocycles. The summed E-state index contributed by atoms with van der Waals surface area (Å²) in [5.74, 6) is 0.959. The highest BCUT2D eigenvalue weighted by molar-refractivity contribution is 9.10. The first kappa shape index (κ1) is 11.4. The molecule has 5 heteroatoms. The molecule has 0 spiro atoms. The van der Waals surface area contributed by atoms with Crippen molar-refractivity contribution in [3.63, 3.8) is 0 Å². The molecule has 3 nitrogen and oxygen atoms in total. The van der Waals surface area contributed by atoms with Gasteiger partial charge in [0, 0.05) is 18.6 Å². The van der Waals surface area contributed by atoms with Crippen molar-refractivity contribution in [3.8, 4) is 0 Å². The highest BCUT2D eigenvalue weighted by Crippen LogP contribution is 2.22. The summed E-state index contributed by atoms with van der Waals surface area (Å²) in [6.45, 7) is 2.88. The Morgan fingerprint density at radius 1 is 1.67 bits per heavy atom. The van der Waals surface area contributed by atoms with Gasteiger partial charge in [0.05, 0.1) is 16.3 Å². The number of aryl methyl sites for hydroxylation is 1. The molecule has 0 aromatic carbocycles. The zero-order valence-corrected chi connectivity index (χ0v) is 11.0. The van der Waals surface area contributed by atoms with Crippen LogP contribution in [0.1, 0.15) is 18.5 Å². The SMILES string of the molecule is Cc1nc(SCC2CCCO2)ncc1Br. The Hall–Kier alpha value is -0.130. The van der Waals surface area contributed by atoms with Gasteiger partial charge in [0.2, 0.25) is 0 Å². The van der Waals surface area contributed by atoms with E-state index >= 15 is 0 Å². The highest BCUT2D eigenvalue weighted by atomic mass is 79.9. The number of halogens is 1. The maximum Gasteiger partial charge on any atom is 0.187 e. The monoisotopic (exact) mass is 288 g/mol. The van der Waals surface area contributed by atoms with Gasteiger partial charge in [0.25, 0.3) is 0 Å². The Morgan fingerprint density at radius 2 is 2.53 bits per heavy atom. The number of thioether (sulfide) groups is 1. The van der Waals surface area contributed by atoms with Crippen LogP contribution in [-0.2, 0) is 4.74 Å². The summed E-state index contributed by atoms with van der Waals surface area (Å²) in [4.78, 5) is 8.63. The predicted molar refractivity (Wildman–Crippen MR) is 64.2 cm³/mol. The van der Waals surface area contributed by atoms with Crippen LogP contribution in [0.3, 0.4) is 0 Å². The van der Waals surface area contributed by atoms with E-state index in [1.807, 2.05) is 6.92 Å². The summed E-state index contributed by atoms with van der Waals surface area (Å²) in [6, 6.07) is 0. The minimum absolute atomic E-state index is 0.391. The second kappa shape index (κ2) is 5.27. The second-order valence-corrected chi connectivity index (χ2v) is 5.37. The predicted octanol–water partition coefficient (Wildman–Crippen LogP) is 2.82. The second-order valence-electron chi connectivity index (χ2n) is 3.53. The van der Waals surface area contributed by atoms with Gasteiger partial charge < -0.3 is 4.74 Å². The van der Waals surface area contributed by atoms with Crippen LogP contribution in [-0.4, -0.2) is 28.4 Å². The Balaban J connectivity index is 1.90. The fraction of sp³-hybridized carbons (Fsp3) is 0.600. The van der Waals surface area contributed by atoms with Gasteiger partial charge in [0.15, 0.2) is 5.16 Å². The molecule has 2 rings (SSSR count). The Kier molecular flexibility index (Phi) is 3.99. The minimum atomic E-state index is 0.391. The topological polar surface area (TPSA) is 35.0 Å². The van der Waals surface area contributed by atoms with Crippen molar-refractivity contribution < 1.29 is 4.74 Å². The van der Waals surface area contributed by atoms with Gasteiger partial charge in [-0.05, 0) is 35.7 Å². The molecule has 1 atom stereocenters. The average Bonchev–Trinajstić information content (AvgIpc) is 2.73. The third kappa shape index (κ3) is 3.16. The molecule has 1 aromatic rings. The van der Waals surface area contributed by atoms with Crippen LogP contribution in [0.25, 0.3) is 0 Å². The lowest BCUT2D eigenvalue weighted by Gasteiger charge is -2.07. The number of hydrogen-bond donors (Lipinski definition) is 0. The molecule has 1 saturated heterocycles. The molecule has 0 radical (unpaired) electrons. The first-order valence-corrected chi connectivity index (χ1v) is 6.77. The lowest BCUT2D eigenvalue weighted by Crippen LogP contribution is -2.08. The Labute approximate surface area is 102 Å². The van der Waals surface area contributed by atoms with Gasteiger partial charge in [-0.15, -0.1) is 0 Å². The molecule has 0 amide bonds. The van der Waals surface area contributed by atoms with Gasteiger partial charge in [-0.25, -0.2) is 9.97 Å². The summed E-state index contributed by atoms with van der Waals surface area (Å²) in [7, 11) is 0. The molecule has 1 aliphatic rings. The molecule has 0 N–H and O–H groups in total. The molecular weight excluding hydrogens is 276 g/mol. The summed E-state index contributed by atoms with van der Waals surface area (Å²) < 4.78 is 6.50. The molecule has 2 heterocycles. The van der Waals surface area contributed by atoms with Gasteiger partial charge in [-0.1, -0.05) is 11.8 Å². The molecular formula is C10H13BrN2OS. The Bertz CT molecular complexity index is 342. The van der Waals surface area contributed by atoms with E-state index < -0.39 is 0 Å². The van der Waals surface area contributed by atoms with Crippen LogP contribution in [0.2, 0.25) is 0 Å². The highest BCUT2D eigenvalue weighted by Gasteiger charge is 2.16. The summed E-state index contributed by atoms with van der Waals surface area (Å²) in [5, 5.41) is 0.839. The summed E-state index contributed by atoms with van der Waals surface area (Å²) in [5.41, 5.74) is 0.986. The fourth-order valence-electron chi connectivity index (χ4n) is 1.44. The normalized spacial score (nSPS) is 20.8. The lowest BCUT2D eigenvalue weighted by atomic mass is 10.3. The number of hydrogen-bond acceptors (Lipinski definition) is 4. The lowest BCUT2D eigenvalue weighted by molar-refractivity contribution is 0.129. The van der Waals surface area contributed by atoms with E-state index in [0.717, 1.165) is 27.7 Å². The molecule has 1 aromatic heterocycles. The molecule has 1 unspecified atom stereocenters. The van der Waals surface area contributed by atoms with Crippen LogP contribution in [0.4, 0.5) is 0 Å². The smallest absolute Gasteiger partial charge is 0.187 e. The zero-order chi connectivity index (χ0) is 10.7. The van der Waals surface area contributed by atoms with Gasteiger partial charge >= 0.3 is 0 Å². The van der Waals surface area contributed by atoms with E-state index in [0.29, 0.717) is 6.10 Å². The van der Waals surface area contributed by atoms with Crippen molar-refractivity contribution in [2.75, 3.05) is 12.4 Å². The molecule has 82 valence electrons. The maximum absolute atomic E-state index is 5.54. The fourth-order valence-corrected chi connectivity index (χ4v) is 2.56. The van der Waals surface area contributed by atoms with Gasteiger partial charge in [-0.3, -0.25) is 0 Å². The van der Waals surface area contributed by atoms with Crippen LogP contribution in [0.5, 0.6) is 0 Å². The van der Waals surface area contributed by atoms with E-state index in [2.05, 4.69) is 25.9 Å². The number of rotatable bonds is 3. The zero-order valence-electron chi connectivity index (χ0n) is 8.57. The van der Waals surface area contributed by atoms with Crippen LogP contribution < -0.4 is 0 Å². The van der Waals surface area contributed by atoms with Crippen molar-refractivity contribution in [2.24, 2.45) is 0 Å². The van der Waals surface area contributed by atoms with Crippen LogP contribution in [0.15, 0.2) is 15.8 Å².